The summed E-state index contributed by atoms with van der Waals surface area (Å²) in [5, 5.41) is 4.98. The quantitative estimate of drug-likeness (QED) is 0.323. The van der Waals surface area contributed by atoms with Gasteiger partial charge in [0.1, 0.15) is 5.82 Å². The molecule has 5 rings (SSSR count). The van der Waals surface area contributed by atoms with E-state index in [4.69, 9.17) is 4.74 Å². The molecule has 0 saturated carbocycles. The second-order valence-corrected chi connectivity index (χ2v) is 8.57. The smallest absolute Gasteiger partial charge is 0.338 e. The van der Waals surface area contributed by atoms with Crippen molar-refractivity contribution < 1.29 is 14.3 Å². The van der Waals surface area contributed by atoms with E-state index in [9.17, 15) is 9.59 Å². The number of aromatic nitrogens is 3. The first-order valence-electron chi connectivity index (χ1n) is 10.6. The molecule has 0 aliphatic rings. The number of anilines is 1. The van der Waals surface area contributed by atoms with Gasteiger partial charge in [-0.2, -0.15) is 0 Å². The Labute approximate surface area is 199 Å². The molecule has 168 valence electrons. The van der Waals surface area contributed by atoms with Crippen molar-refractivity contribution in [2.75, 3.05) is 11.9 Å². The van der Waals surface area contributed by atoms with E-state index in [1.165, 1.54) is 16.9 Å². The van der Waals surface area contributed by atoms with E-state index < -0.39 is 18.5 Å². The number of H-pyrrole nitrogens is 1. The summed E-state index contributed by atoms with van der Waals surface area (Å²) in [6.07, 6.45) is 0. The summed E-state index contributed by atoms with van der Waals surface area (Å²) in [4.78, 5) is 37.0. The number of amides is 1. The molecule has 5 aromatic rings. The van der Waals surface area contributed by atoms with Crippen LogP contribution in [-0.2, 0) is 9.53 Å². The lowest BCUT2D eigenvalue weighted by atomic mass is 10.1. The van der Waals surface area contributed by atoms with Crippen LogP contribution in [0.3, 0.4) is 0 Å². The number of carbonyl (C=O) groups excluding carboxylic acids is 2. The van der Waals surface area contributed by atoms with Gasteiger partial charge in [0.2, 0.25) is 0 Å². The zero-order chi connectivity index (χ0) is 23.5. The number of fused-ring (bicyclic) bond motifs is 1. The maximum atomic E-state index is 12.5. The number of benzene rings is 3. The SMILES string of the molecule is Cc1ccc(-c2nc3ccc(C(=O)OCC(=O)Nc4nc(-c5ccccc5)cs4)cc3[nH]2)cc1. The molecular weight excluding hydrogens is 448 g/mol. The minimum atomic E-state index is -0.590. The van der Waals surface area contributed by atoms with Crippen LogP contribution in [0, 0.1) is 6.92 Å². The van der Waals surface area contributed by atoms with Gasteiger partial charge in [-0.15, -0.1) is 11.3 Å². The minimum absolute atomic E-state index is 0.333. The Morgan fingerprint density at radius 3 is 2.56 bits per heavy atom. The van der Waals surface area contributed by atoms with E-state index in [0.29, 0.717) is 16.2 Å². The van der Waals surface area contributed by atoms with E-state index in [-0.39, 0.29) is 0 Å². The highest BCUT2D eigenvalue weighted by Crippen LogP contribution is 2.25. The predicted molar refractivity (Wildman–Crippen MR) is 133 cm³/mol. The van der Waals surface area contributed by atoms with Crippen LogP contribution in [0.25, 0.3) is 33.7 Å². The van der Waals surface area contributed by atoms with E-state index in [2.05, 4.69) is 20.3 Å². The highest BCUT2D eigenvalue weighted by Gasteiger charge is 2.14. The van der Waals surface area contributed by atoms with Gasteiger partial charge in [-0.25, -0.2) is 14.8 Å². The Bertz CT molecular complexity index is 1470. The predicted octanol–water partition coefficient (Wildman–Crippen LogP) is 5.46. The lowest BCUT2D eigenvalue weighted by Crippen LogP contribution is -2.20. The van der Waals surface area contributed by atoms with Crippen molar-refractivity contribution in [1.29, 1.82) is 0 Å². The van der Waals surface area contributed by atoms with Crippen LogP contribution in [0.2, 0.25) is 0 Å². The second-order valence-electron chi connectivity index (χ2n) is 7.71. The Morgan fingerprint density at radius 1 is 0.971 bits per heavy atom. The standard InChI is InChI=1S/C26H20N4O3S/c1-16-7-9-18(10-8-16)24-27-20-12-11-19(13-21(20)28-24)25(32)33-14-23(31)30-26-29-22(15-34-26)17-5-3-2-4-6-17/h2-13,15H,14H2,1H3,(H,27,28)(H,29,30,31). The number of hydrogen-bond donors (Lipinski definition) is 2. The maximum absolute atomic E-state index is 12.5. The molecule has 1 amide bonds. The summed E-state index contributed by atoms with van der Waals surface area (Å²) in [6, 6.07) is 22.8. The van der Waals surface area contributed by atoms with Gasteiger partial charge in [0, 0.05) is 16.5 Å². The number of rotatable bonds is 6. The summed E-state index contributed by atoms with van der Waals surface area (Å²) < 4.78 is 5.20. The number of hydrogen-bond acceptors (Lipinski definition) is 6. The molecule has 0 atom stereocenters. The summed E-state index contributed by atoms with van der Waals surface area (Å²) in [7, 11) is 0. The lowest BCUT2D eigenvalue weighted by molar-refractivity contribution is -0.119. The van der Waals surface area contributed by atoms with Crippen molar-refractivity contribution in [1.82, 2.24) is 15.0 Å². The molecule has 0 bridgehead atoms. The number of carbonyl (C=O) groups is 2. The third kappa shape index (κ3) is 4.72. The minimum Gasteiger partial charge on any atom is -0.452 e. The molecule has 2 N–H and O–H groups in total. The molecule has 0 fully saturated rings. The number of aromatic amines is 1. The Balaban J connectivity index is 1.21. The number of thiazole rings is 1. The third-order valence-corrected chi connectivity index (χ3v) is 5.95. The summed E-state index contributed by atoms with van der Waals surface area (Å²) in [6.45, 7) is 1.62. The molecule has 0 unspecified atom stereocenters. The van der Waals surface area contributed by atoms with Gasteiger partial charge in [-0.1, -0.05) is 60.2 Å². The molecule has 0 saturated heterocycles. The zero-order valence-corrected chi connectivity index (χ0v) is 19.1. The van der Waals surface area contributed by atoms with Crippen molar-refractivity contribution in [2.24, 2.45) is 0 Å². The third-order valence-electron chi connectivity index (χ3n) is 5.20. The lowest BCUT2D eigenvalue weighted by Gasteiger charge is -2.05. The van der Waals surface area contributed by atoms with Gasteiger partial charge >= 0.3 is 5.97 Å². The molecule has 34 heavy (non-hydrogen) atoms. The Hall–Kier alpha value is -4.30. The van der Waals surface area contributed by atoms with Gasteiger partial charge in [0.05, 0.1) is 22.3 Å². The van der Waals surface area contributed by atoms with Crippen LogP contribution in [0.15, 0.2) is 78.2 Å². The second kappa shape index (κ2) is 9.29. The van der Waals surface area contributed by atoms with Crippen LogP contribution in [-0.4, -0.2) is 33.4 Å². The number of ether oxygens (including phenoxy) is 1. The van der Waals surface area contributed by atoms with Gasteiger partial charge in [-0.3, -0.25) is 10.1 Å². The van der Waals surface area contributed by atoms with Gasteiger partial charge in [0.25, 0.3) is 5.91 Å². The molecule has 0 aliphatic heterocycles. The fourth-order valence-corrected chi connectivity index (χ4v) is 4.16. The van der Waals surface area contributed by atoms with E-state index in [1.54, 1.807) is 18.2 Å². The highest BCUT2D eigenvalue weighted by molar-refractivity contribution is 7.14. The fourth-order valence-electron chi connectivity index (χ4n) is 3.43. The Morgan fingerprint density at radius 2 is 1.76 bits per heavy atom. The first kappa shape index (κ1) is 21.5. The van der Waals surface area contributed by atoms with Gasteiger partial charge in [0.15, 0.2) is 11.7 Å². The van der Waals surface area contributed by atoms with E-state index >= 15 is 0 Å². The van der Waals surface area contributed by atoms with Crippen molar-refractivity contribution in [3.05, 3.63) is 89.3 Å². The molecule has 0 spiro atoms. The molecule has 0 radical (unpaired) electrons. The summed E-state index contributed by atoms with van der Waals surface area (Å²) in [5.74, 6) is -0.322. The average Bonchev–Trinajstić information content (AvgIpc) is 3.50. The fraction of sp³-hybridized carbons (Fsp3) is 0.0769. The van der Waals surface area contributed by atoms with Crippen molar-refractivity contribution in [2.45, 2.75) is 6.92 Å². The van der Waals surface area contributed by atoms with Crippen LogP contribution >= 0.6 is 11.3 Å². The number of aryl methyl sites for hydroxylation is 1. The molecule has 3 aromatic carbocycles. The van der Waals surface area contributed by atoms with Crippen LogP contribution < -0.4 is 5.32 Å². The molecule has 8 heteroatoms. The van der Waals surface area contributed by atoms with E-state index in [0.717, 1.165) is 28.2 Å². The average molecular weight is 469 g/mol. The zero-order valence-electron chi connectivity index (χ0n) is 18.2. The van der Waals surface area contributed by atoms with Crippen molar-refractivity contribution in [3.8, 4) is 22.6 Å². The van der Waals surface area contributed by atoms with Crippen LogP contribution in [0.4, 0.5) is 5.13 Å². The monoisotopic (exact) mass is 468 g/mol. The number of nitrogens with one attached hydrogen (secondary N) is 2. The van der Waals surface area contributed by atoms with Crippen LogP contribution in [0.5, 0.6) is 0 Å². The molecular formula is C26H20N4O3S. The van der Waals surface area contributed by atoms with E-state index in [1.807, 2.05) is 66.9 Å². The first-order valence-corrected chi connectivity index (χ1v) is 11.5. The van der Waals surface area contributed by atoms with Gasteiger partial charge in [-0.05, 0) is 25.1 Å². The van der Waals surface area contributed by atoms with Crippen LogP contribution in [0.1, 0.15) is 15.9 Å². The highest BCUT2D eigenvalue weighted by atomic mass is 32.1. The molecule has 7 nitrogen and oxygen atoms in total. The van der Waals surface area contributed by atoms with Crippen molar-refractivity contribution in [3.63, 3.8) is 0 Å². The molecule has 2 aromatic heterocycles. The van der Waals surface area contributed by atoms with Crippen molar-refractivity contribution >= 4 is 39.4 Å². The topological polar surface area (TPSA) is 97.0 Å². The molecule has 0 aliphatic carbocycles. The Kier molecular flexibility index (Phi) is 5.88. The molecule has 2 heterocycles. The maximum Gasteiger partial charge on any atom is 0.338 e. The summed E-state index contributed by atoms with van der Waals surface area (Å²) >= 11 is 1.31. The number of imidazole rings is 1. The largest absolute Gasteiger partial charge is 0.452 e. The normalized spacial score (nSPS) is 10.9. The summed E-state index contributed by atoms with van der Waals surface area (Å²) in [5.41, 5.74) is 5.65. The van der Waals surface area contributed by atoms with Gasteiger partial charge < -0.3 is 9.72 Å². The number of nitrogens with zero attached hydrogens (tertiary/aromatic N) is 2. The number of esters is 1. The first-order chi connectivity index (χ1) is 16.5.